The number of Topliss-reactive ketones (excluding diaryl/α,β-unsaturated/α-hetero) is 1. The number of ether oxygens (including phenoxy) is 3. The zero-order valence-electron chi connectivity index (χ0n) is 29.8. The van der Waals surface area contributed by atoms with E-state index in [0.29, 0.717) is 18.7 Å². The molecule has 0 spiro atoms. The van der Waals surface area contributed by atoms with E-state index in [1.165, 1.54) is 22.1 Å². The van der Waals surface area contributed by atoms with Gasteiger partial charge < -0.3 is 24.4 Å². The number of hydrogen-bond acceptors (Lipinski definition) is 14. The summed E-state index contributed by atoms with van der Waals surface area (Å²) in [5, 5.41) is 25.9. The van der Waals surface area contributed by atoms with Gasteiger partial charge in [0, 0.05) is 48.3 Å². The summed E-state index contributed by atoms with van der Waals surface area (Å²) >= 11 is 1.54. The number of thiazole rings is 1. The first kappa shape index (κ1) is 40.3. The third-order valence-corrected chi connectivity index (χ3v) is 12.7. The molecule has 50 heavy (non-hydrogen) atoms. The van der Waals surface area contributed by atoms with Crippen molar-refractivity contribution < 1.29 is 38.8 Å². The van der Waals surface area contributed by atoms with E-state index >= 15 is 0 Å². The molecule has 0 aromatic carbocycles. The largest absolute Gasteiger partial charge is 0.508 e. The van der Waals surface area contributed by atoms with Gasteiger partial charge >= 0.3 is 12.1 Å². The van der Waals surface area contributed by atoms with Gasteiger partial charge in [-0.15, -0.1) is 11.3 Å². The summed E-state index contributed by atoms with van der Waals surface area (Å²) in [6.45, 7) is 11.6. The molecule has 2 N–H and O–H groups in total. The van der Waals surface area contributed by atoms with Crippen LogP contribution in [0.3, 0.4) is 0 Å². The SMILES string of the molecule is CC(=Cc1csc(C)n1)[C@@H]1C[C@H]2[C@@H](CCC[C@H](C)[C@H](O)[C@@H](C)C(=O)C(C)(C)[C@@H](O)CC(=O)O1)N2CCOC(=O)OCCSSc1ccccn1. The van der Waals surface area contributed by atoms with Crippen molar-refractivity contribution in [2.24, 2.45) is 17.3 Å². The van der Waals surface area contributed by atoms with Gasteiger partial charge in [-0.2, -0.15) is 0 Å². The van der Waals surface area contributed by atoms with Crippen LogP contribution in [0.5, 0.6) is 0 Å². The standard InChI is InChI=1S/C36H51N3O8S3/c1-22-10-9-11-27-28(39(27)14-15-45-35(44)46-16-17-49-50-31-12-7-8-13-37-31)19-29(23(2)18-26-21-48-25(4)38-26)47-32(41)20-30(40)36(5,6)34(43)24(3)33(22)42/h7-8,12-13,18,21-22,24,27-30,33,40,42H,9-11,14-17,19-20H2,1-6H3/t22-,24+,27+,28-,29-,30-,33-,39?/m0/s1. The number of cyclic esters (lactones) is 1. The Balaban J connectivity index is 1.41. The summed E-state index contributed by atoms with van der Waals surface area (Å²) in [5.74, 6) is -1.15. The fraction of sp³-hybridized carbons (Fsp3) is 0.639. The molecule has 2 aliphatic heterocycles. The molecule has 2 aliphatic rings. The minimum atomic E-state index is -1.29. The Hall–Kier alpha value is -2.49. The maximum Gasteiger partial charge on any atom is 0.508 e. The van der Waals surface area contributed by atoms with Gasteiger partial charge in [0.15, 0.2) is 0 Å². The Morgan fingerprint density at radius 3 is 2.62 bits per heavy atom. The van der Waals surface area contributed by atoms with Crippen LogP contribution < -0.4 is 0 Å². The minimum Gasteiger partial charge on any atom is -0.458 e. The highest BCUT2D eigenvalue weighted by atomic mass is 33.1. The molecule has 14 heteroatoms. The van der Waals surface area contributed by atoms with Crippen molar-refractivity contribution in [2.75, 3.05) is 25.5 Å². The van der Waals surface area contributed by atoms with Gasteiger partial charge in [0.05, 0.1) is 34.7 Å². The van der Waals surface area contributed by atoms with E-state index in [-0.39, 0.29) is 43.4 Å². The van der Waals surface area contributed by atoms with Gasteiger partial charge in [-0.3, -0.25) is 14.5 Å². The monoisotopic (exact) mass is 749 g/mol. The topological polar surface area (TPSA) is 148 Å². The maximum absolute atomic E-state index is 13.5. The molecule has 276 valence electrons. The molecule has 0 amide bonds. The molecule has 2 saturated heterocycles. The number of hydrogen-bond donors (Lipinski definition) is 2. The number of ketones is 1. The number of esters is 1. The average Bonchev–Trinajstić information content (AvgIpc) is 3.55. The molecule has 4 rings (SSSR count). The molecule has 4 heterocycles. The second-order valence-corrected chi connectivity index (χ2v) is 17.3. The number of aliphatic hydroxyl groups excluding tert-OH is 2. The van der Waals surface area contributed by atoms with E-state index in [1.54, 1.807) is 37.8 Å². The molecule has 2 aromatic rings. The lowest BCUT2D eigenvalue weighted by molar-refractivity contribution is -0.154. The van der Waals surface area contributed by atoms with Gasteiger partial charge in [0.1, 0.15) is 30.1 Å². The second kappa shape index (κ2) is 18.8. The van der Waals surface area contributed by atoms with Crippen LogP contribution in [0, 0.1) is 24.2 Å². The molecule has 0 saturated carbocycles. The summed E-state index contributed by atoms with van der Waals surface area (Å²) in [5.41, 5.74) is 0.349. The van der Waals surface area contributed by atoms with E-state index in [2.05, 4.69) is 14.9 Å². The van der Waals surface area contributed by atoms with Crippen molar-refractivity contribution in [3.63, 3.8) is 0 Å². The summed E-state index contributed by atoms with van der Waals surface area (Å²) < 4.78 is 16.7. The van der Waals surface area contributed by atoms with Gasteiger partial charge in [0.2, 0.25) is 0 Å². The smallest absolute Gasteiger partial charge is 0.458 e. The van der Waals surface area contributed by atoms with Crippen LogP contribution in [-0.2, 0) is 23.8 Å². The Morgan fingerprint density at radius 2 is 1.92 bits per heavy atom. The Labute approximate surface area is 307 Å². The Kier molecular flexibility index (Phi) is 15.2. The van der Waals surface area contributed by atoms with Crippen LogP contribution in [0.2, 0.25) is 0 Å². The zero-order chi connectivity index (χ0) is 36.4. The average molecular weight is 750 g/mol. The van der Waals surface area contributed by atoms with Crippen molar-refractivity contribution in [3.8, 4) is 0 Å². The molecular formula is C36H51N3O8S3. The molecule has 0 aliphatic carbocycles. The third kappa shape index (κ3) is 11.5. The van der Waals surface area contributed by atoms with E-state index in [9.17, 15) is 24.6 Å². The van der Waals surface area contributed by atoms with Crippen molar-refractivity contribution in [1.29, 1.82) is 0 Å². The first-order valence-electron chi connectivity index (χ1n) is 17.2. The van der Waals surface area contributed by atoms with Crippen LogP contribution in [0.1, 0.15) is 77.4 Å². The number of fused-ring (bicyclic) bond motifs is 1. The quantitative estimate of drug-likeness (QED) is 0.120. The number of rotatable bonds is 10. The van der Waals surface area contributed by atoms with Crippen molar-refractivity contribution in [2.45, 2.75) is 109 Å². The number of pyridine rings is 1. The highest BCUT2D eigenvalue weighted by Crippen LogP contribution is 2.39. The molecule has 11 nitrogen and oxygen atoms in total. The van der Waals surface area contributed by atoms with Gasteiger partial charge in [0.25, 0.3) is 0 Å². The first-order chi connectivity index (χ1) is 23.8. The first-order valence-corrected chi connectivity index (χ1v) is 20.4. The number of carbonyl (C=O) groups is 3. The van der Waals surface area contributed by atoms with Crippen LogP contribution in [0.15, 0.2) is 40.4 Å². The number of aromatic nitrogens is 2. The third-order valence-electron chi connectivity index (χ3n) is 9.69. The predicted molar refractivity (Wildman–Crippen MR) is 197 cm³/mol. The molecule has 2 aromatic heterocycles. The van der Waals surface area contributed by atoms with E-state index in [1.807, 2.05) is 50.4 Å². The molecule has 0 radical (unpaired) electrons. The number of aryl methyl sites for hydroxylation is 1. The van der Waals surface area contributed by atoms with Crippen molar-refractivity contribution >= 4 is 56.9 Å². The van der Waals surface area contributed by atoms with Crippen LogP contribution in [0.4, 0.5) is 4.79 Å². The molecule has 2 fully saturated rings. The Morgan fingerprint density at radius 1 is 1.16 bits per heavy atom. The summed E-state index contributed by atoms with van der Waals surface area (Å²) in [6.07, 6.45) is 2.70. The van der Waals surface area contributed by atoms with E-state index in [0.717, 1.165) is 40.6 Å². The zero-order valence-corrected chi connectivity index (χ0v) is 32.2. The predicted octanol–water partition coefficient (Wildman–Crippen LogP) is 6.36. The van der Waals surface area contributed by atoms with Crippen LogP contribution >= 0.6 is 32.9 Å². The molecule has 0 bridgehead atoms. The Bertz CT molecular complexity index is 1450. The number of aliphatic hydroxyl groups is 2. The summed E-state index contributed by atoms with van der Waals surface area (Å²) in [4.78, 5) is 50.1. The lowest BCUT2D eigenvalue weighted by Crippen LogP contribution is -2.45. The fourth-order valence-corrected chi connectivity index (χ4v) is 8.74. The number of nitrogens with zero attached hydrogens (tertiary/aromatic N) is 3. The lowest BCUT2D eigenvalue weighted by Gasteiger charge is -2.34. The van der Waals surface area contributed by atoms with E-state index < -0.39 is 41.8 Å². The molecule has 1 unspecified atom stereocenters. The van der Waals surface area contributed by atoms with Crippen LogP contribution in [0.25, 0.3) is 6.08 Å². The molecular weight excluding hydrogens is 699 g/mol. The minimum absolute atomic E-state index is 0.0583. The normalized spacial score (nSPS) is 29.5. The highest BCUT2D eigenvalue weighted by molar-refractivity contribution is 8.76. The number of carbonyl (C=O) groups excluding carboxylic acids is 3. The van der Waals surface area contributed by atoms with Crippen LogP contribution in [-0.4, -0.2) is 98.9 Å². The maximum atomic E-state index is 13.5. The summed E-state index contributed by atoms with van der Waals surface area (Å²) in [7, 11) is 3.06. The highest BCUT2D eigenvalue weighted by Gasteiger charge is 2.49. The molecule has 8 atom stereocenters. The second-order valence-electron chi connectivity index (χ2n) is 13.8. The van der Waals surface area contributed by atoms with Crippen molar-refractivity contribution in [1.82, 2.24) is 14.9 Å². The van der Waals surface area contributed by atoms with E-state index in [4.69, 9.17) is 14.2 Å². The van der Waals surface area contributed by atoms with Crippen molar-refractivity contribution in [3.05, 3.63) is 46.1 Å². The lowest BCUT2D eigenvalue weighted by atomic mass is 9.73. The van der Waals surface area contributed by atoms with Gasteiger partial charge in [-0.05, 0) is 67.2 Å². The summed E-state index contributed by atoms with van der Waals surface area (Å²) in [6, 6.07) is 5.92. The van der Waals surface area contributed by atoms with Gasteiger partial charge in [-0.1, -0.05) is 51.0 Å². The van der Waals surface area contributed by atoms with Gasteiger partial charge in [-0.25, -0.2) is 14.8 Å². The fourth-order valence-electron chi connectivity index (χ4n) is 6.47.